The summed E-state index contributed by atoms with van der Waals surface area (Å²) in [4.78, 5) is 31.1. The van der Waals surface area contributed by atoms with Gasteiger partial charge in [0.1, 0.15) is 5.82 Å². The highest BCUT2D eigenvalue weighted by Crippen LogP contribution is 2.34. The number of imidazole rings is 1. The topological polar surface area (TPSA) is 67.2 Å². The van der Waals surface area contributed by atoms with Crippen molar-refractivity contribution in [1.29, 1.82) is 0 Å². The van der Waals surface area contributed by atoms with Crippen molar-refractivity contribution in [2.24, 2.45) is 5.92 Å². The molecule has 1 aromatic heterocycles. The quantitative estimate of drug-likeness (QED) is 0.895. The van der Waals surface area contributed by atoms with Crippen molar-refractivity contribution in [3.63, 3.8) is 0 Å². The number of rotatable bonds is 5. The molecule has 1 aliphatic heterocycles. The molecule has 6 heteroatoms. The van der Waals surface area contributed by atoms with E-state index in [-0.39, 0.29) is 17.9 Å². The lowest BCUT2D eigenvalue weighted by Gasteiger charge is -2.34. The van der Waals surface area contributed by atoms with Crippen LogP contribution in [0.1, 0.15) is 63.0 Å². The fourth-order valence-electron chi connectivity index (χ4n) is 3.66. The predicted octanol–water partition coefficient (Wildman–Crippen LogP) is 1.80. The molecular weight excluding hydrogens is 304 g/mol. The molecule has 2 amide bonds. The van der Waals surface area contributed by atoms with Gasteiger partial charge >= 0.3 is 0 Å². The Morgan fingerprint density at radius 3 is 2.71 bits per heavy atom. The van der Waals surface area contributed by atoms with Crippen molar-refractivity contribution in [2.45, 2.75) is 70.5 Å². The zero-order valence-corrected chi connectivity index (χ0v) is 14.3. The molecule has 0 bridgehead atoms. The second kappa shape index (κ2) is 6.22. The van der Waals surface area contributed by atoms with Gasteiger partial charge < -0.3 is 14.8 Å². The summed E-state index contributed by atoms with van der Waals surface area (Å²) in [6, 6.07) is 0.359. The van der Waals surface area contributed by atoms with E-state index >= 15 is 0 Å². The van der Waals surface area contributed by atoms with Gasteiger partial charge in [0.05, 0.1) is 18.2 Å². The molecule has 0 aromatic carbocycles. The van der Waals surface area contributed by atoms with Crippen molar-refractivity contribution in [3.05, 3.63) is 17.7 Å². The van der Waals surface area contributed by atoms with Crippen LogP contribution in [-0.2, 0) is 22.6 Å². The first-order valence-electron chi connectivity index (χ1n) is 9.25. The van der Waals surface area contributed by atoms with E-state index in [0.717, 1.165) is 37.4 Å². The number of amides is 2. The van der Waals surface area contributed by atoms with Crippen LogP contribution in [0.4, 0.5) is 0 Å². The van der Waals surface area contributed by atoms with Gasteiger partial charge in [-0.3, -0.25) is 9.59 Å². The summed E-state index contributed by atoms with van der Waals surface area (Å²) in [5, 5.41) is 3.06. The van der Waals surface area contributed by atoms with Crippen LogP contribution in [0.3, 0.4) is 0 Å². The van der Waals surface area contributed by atoms with Crippen molar-refractivity contribution in [3.8, 4) is 0 Å². The summed E-state index contributed by atoms with van der Waals surface area (Å²) in [5.41, 5.74) is 0.810. The smallest absolute Gasteiger partial charge is 0.226 e. The van der Waals surface area contributed by atoms with Gasteiger partial charge in [-0.15, -0.1) is 0 Å². The van der Waals surface area contributed by atoms with Gasteiger partial charge in [-0.25, -0.2) is 4.98 Å². The van der Waals surface area contributed by atoms with Crippen LogP contribution >= 0.6 is 0 Å². The second-order valence-corrected chi connectivity index (χ2v) is 7.57. The summed E-state index contributed by atoms with van der Waals surface area (Å²) in [5.74, 6) is 1.84. The molecule has 1 atom stereocenters. The number of carbonyl (C=O) groups is 2. The Labute approximate surface area is 142 Å². The third kappa shape index (κ3) is 3.19. The fraction of sp³-hybridized carbons (Fsp3) is 0.722. The molecule has 1 N–H and O–H groups in total. The minimum Gasteiger partial charge on any atom is -0.353 e. The Balaban J connectivity index is 1.40. The van der Waals surface area contributed by atoms with E-state index in [1.807, 2.05) is 18.0 Å². The zero-order valence-electron chi connectivity index (χ0n) is 14.3. The number of fused-ring (bicyclic) bond motifs is 1. The molecule has 0 unspecified atom stereocenters. The van der Waals surface area contributed by atoms with Gasteiger partial charge in [0.25, 0.3) is 0 Å². The minimum absolute atomic E-state index is 0.00607. The van der Waals surface area contributed by atoms with Crippen LogP contribution in [-0.4, -0.2) is 38.9 Å². The minimum atomic E-state index is -0.00607. The molecule has 0 spiro atoms. The maximum Gasteiger partial charge on any atom is 0.226 e. The Morgan fingerprint density at radius 2 is 2.04 bits per heavy atom. The lowest BCUT2D eigenvalue weighted by atomic mass is 9.93. The van der Waals surface area contributed by atoms with Crippen molar-refractivity contribution >= 4 is 11.8 Å². The van der Waals surface area contributed by atoms with Gasteiger partial charge in [-0.05, 0) is 44.9 Å². The van der Waals surface area contributed by atoms with Gasteiger partial charge in [0, 0.05) is 31.7 Å². The summed E-state index contributed by atoms with van der Waals surface area (Å²) >= 11 is 0. The van der Waals surface area contributed by atoms with Crippen LogP contribution in [0.25, 0.3) is 0 Å². The number of carbonyl (C=O) groups excluding carboxylic acids is 2. The van der Waals surface area contributed by atoms with E-state index in [9.17, 15) is 9.59 Å². The molecule has 3 aliphatic rings. The lowest BCUT2D eigenvalue weighted by Crippen LogP contribution is -2.41. The van der Waals surface area contributed by atoms with Crippen LogP contribution in [0.2, 0.25) is 0 Å². The van der Waals surface area contributed by atoms with E-state index in [2.05, 4.69) is 14.9 Å². The highest BCUT2D eigenvalue weighted by molar-refractivity contribution is 5.78. The van der Waals surface area contributed by atoms with Crippen LogP contribution in [0.15, 0.2) is 6.20 Å². The summed E-state index contributed by atoms with van der Waals surface area (Å²) in [6.45, 7) is 3.55. The molecular formula is C18H26N4O2. The molecule has 24 heavy (non-hydrogen) atoms. The number of nitrogens with zero attached hydrogens (tertiary/aromatic N) is 3. The van der Waals surface area contributed by atoms with E-state index < -0.39 is 0 Å². The molecule has 2 aliphatic carbocycles. The standard InChI is InChI=1S/C18H26N4O2/c1-12-18-20-15(10-16(23)19-14-3-2-4-14)11-21(18)7-8-22(12)17(24)9-13-5-6-13/h11-14H,2-10H2,1H3,(H,19,23)/t12-/m0/s1. The first-order chi connectivity index (χ1) is 11.6. The van der Waals surface area contributed by atoms with E-state index in [1.165, 1.54) is 19.3 Å². The van der Waals surface area contributed by atoms with Crippen LogP contribution < -0.4 is 5.32 Å². The van der Waals surface area contributed by atoms with Crippen LogP contribution in [0.5, 0.6) is 0 Å². The molecule has 2 fully saturated rings. The monoisotopic (exact) mass is 330 g/mol. The third-order valence-corrected chi connectivity index (χ3v) is 5.57. The van der Waals surface area contributed by atoms with Gasteiger partial charge in [-0.2, -0.15) is 0 Å². The molecule has 2 saturated carbocycles. The molecule has 130 valence electrons. The van der Waals surface area contributed by atoms with E-state index in [1.54, 1.807) is 0 Å². The number of aromatic nitrogens is 2. The van der Waals surface area contributed by atoms with E-state index in [4.69, 9.17) is 0 Å². The molecule has 2 heterocycles. The Kier molecular flexibility index (Phi) is 4.06. The SMILES string of the molecule is C[C@H]1c2nc(CC(=O)NC3CCC3)cn2CCN1C(=O)CC1CC1. The normalized spacial score (nSPS) is 23.5. The van der Waals surface area contributed by atoms with Gasteiger partial charge in [0.15, 0.2) is 0 Å². The molecule has 0 saturated heterocycles. The van der Waals surface area contributed by atoms with E-state index in [0.29, 0.717) is 24.8 Å². The zero-order chi connectivity index (χ0) is 16.7. The molecule has 6 nitrogen and oxygen atoms in total. The van der Waals surface area contributed by atoms with Crippen molar-refractivity contribution in [2.75, 3.05) is 6.54 Å². The van der Waals surface area contributed by atoms with Crippen molar-refractivity contribution < 1.29 is 9.59 Å². The average molecular weight is 330 g/mol. The first-order valence-corrected chi connectivity index (χ1v) is 9.25. The summed E-state index contributed by atoms with van der Waals surface area (Å²) in [7, 11) is 0. The molecule has 4 rings (SSSR count). The fourth-order valence-corrected chi connectivity index (χ4v) is 3.66. The van der Waals surface area contributed by atoms with Crippen molar-refractivity contribution in [1.82, 2.24) is 19.8 Å². The molecule has 0 radical (unpaired) electrons. The second-order valence-electron chi connectivity index (χ2n) is 7.57. The highest BCUT2D eigenvalue weighted by atomic mass is 16.2. The van der Waals surface area contributed by atoms with Gasteiger partial charge in [0.2, 0.25) is 11.8 Å². The lowest BCUT2D eigenvalue weighted by molar-refractivity contribution is -0.135. The third-order valence-electron chi connectivity index (χ3n) is 5.57. The maximum absolute atomic E-state index is 12.4. The molecule has 1 aromatic rings. The Hall–Kier alpha value is -1.85. The van der Waals surface area contributed by atoms with Gasteiger partial charge in [-0.1, -0.05) is 0 Å². The Morgan fingerprint density at radius 1 is 1.25 bits per heavy atom. The number of hydrogen-bond donors (Lipinski definition) is 1. The maximum atomic E-state index is 12.4. The summed E-state index contributed by atoms with van der Waals surface area (Å²) < 4.78 is 2.11. The predicted molar refractivity (Wildman–Crippen MR) is 89.2 cm³/mol. The number of nitrogens with one attached hydrogen (secondary N) is 1. The summed E-state index contributed by atoms with van der Waals surface area (Å²) in [6.07, 6.45) is 8.80. The van der Waals surface area contributed by atoms with Crippen LogP contribution in [0, 0.1) is 5.92 Å². The Bertz CT molecular complexity index is 645. The average Bonchev–Trinajstić information content (AvgIpc) is 3.21. The number of hydrogen-bond acceptors (Lipinski definition) is 3. The highest BCUT2D eigenvalue weighted by Gasteiger charge is 2.33. The first kappa shape index (κ1) is 15.7. The largest absolute Gasteiger partial charge is 0.353 e.